The molecule has 7 heteroatoms. The number of hydrogen-bond donors (Lipinski definition) is 0. The molecule has 1 unspecified atom stereocenters. The second kappa shape index (κ2) is 7.69. The van der Waals surface area contributed by atoms with Crippen molar-refractivity contribution in [3.05, 3.63) is 29.4 Å². The highest BCUT2D eigenvalue weighted by Gasteiger charge is 2.16. The maximum Gasteiger partial charge on any atom is 0.317 e. The predicted octanol–water partition coefficient (Wildman–Crippen LogP) is 2.37. The van der Waals surface area contributed by atoms with Gasteiger partial charge in [0.1, 0.15) is 12.0 Å². The number of halogens is 2. The highest BCUT2D eigenvalue weighted by atomic mass is 36.0. The second-order valence-corrected chi connectivity index (χ2v) is 6.67. The maximum absolute atomic E-state index is 10.5. The summed E-state index contributed by atoms with van der Waals surface area (Å²) in [6.07, 6.45) is 5.45. The quantitative estimate of drug-likeness (QED) is 0.580. The molecular weight excluding hydrogens is 287 g/mol. The number of allylic oxidation sites excluding steroid dienone is 2. The first-order chi connectivity index (χ1) is 7.79. The topological polar surface area (TPSA) is 60.4 Å². The SMILES string of the molecule is CCOC1C=CC=C(C)C1=C=O.O=S(=O)(Cl)Cl. The Balaban J connectivity index is 0.000000437. The number of ether oxygens (including phenoxy) is 1. The Morgan fingerprint density at radius 3 is 2.41 bits per heavy atom. The third-order valence-electron chi connectivity index (χ3n) is 1.80. The maximum atomic E-state index is 10.5. The molecule has 0 saturated heterocycles. The molecule has 4 nitrogen and oxygen atoms in total. The zero-order valence-corrected chi connectivity index (χ0v) is 11.6. The Morgan fingerprint density at radius 2 is 2.00 bits per heavy atom. The number of rotatable bonds is 2. The standard InChI is InChI=1S/C10H12O2.Cl2O2S/c1-3-12-10-6-4-5-8(2)9(10)7-11;1-5(2,3)4/h4-6,10H,3H2,1-2H3;. The van der Waals surface area contributed by atoms with Crippen molar-refractivity contribution in [1.29, 1.82) is 0 Å². The molecular formula is C10H12Cl2O4S. The molecule has 1 rings (SSSR count). The first kappa shape index (κ1) is 16.4. The van der Waals surface area contributed by atoms with Gasteiger partial charge in [0.25, 0.3) is 0 Å². The Labute approximate surface area is 109 Å². The van der Waals surface area contributed by atoms with Crippen LogP contribution in [0.15, 0.2) is 29.4 Å². The average molecular weight is 299 g/mol. The number of hydrogen-bond acceptors (Lipinski definition) is 4. The number of carbonyl (C=O) groups excluding carboxylic acids is 1. The molecule has 0 fully saturated rings. The molecule has 0 amide bonds. The van der Waals surface area contributed by atoms with Gasteiger partial charge in [0.05, 0.1) is 5.57 Å². The van der Waals surface area contributed by atoms with Crippen LogP contribution in [0.1, 0.15) is 13.8 Å². The molecule has 1 aliphatic rings. The van der Waals surface area contributed by atoms with Crippen LogP contribution < -0.4 is 0 Å². The van der Waals surface area contributed by atoms with Gasteiger partial charge in [-0.25, -0.2) is 4.79 Å². The van der Waals surface area contributed by atoms with Crippen molar-refractivity contribution >= 4 is 35.6 Å². The lowest BCUT2D eigenvalue weighted by Crippen LogP contribution is -2.16. The minimum atomic E-state index is -3.72. The summed E-state index contributed by atoms with van der Waals surface area (Å²) in [5, 5.41) is 0. The van der Waals surface area contributed by atoms with Crippen molar-refractivity contribution in [2.75, 3.05) is 6.61 Å². The van der Waals surface area contributed by atoms with E-state index in [4.69, 9.17) is 13.2 Å². The van der Waals surface area contributed by atoms with Gasteiger partial charge in [-0.2, -0.15) is 8.42 Å². The molecule has 0 heterocycles. The van der Waals surface area contributed by atoms with E-state index in [1.54, 1.807) is 0 Å². The zero-order chi connectivity index (χ0) is 13.5. The Morgan fingerprint density at radius 1 is 1.47 bits per heavy atom. The fourth-order valence-corrected chi connectivity index (χ4v) is 1.17. The van der Waals surface area contributed by atoms with Crippen LogP contribution in [0.4, 0.5) is 0 Å². The molecule has 0 radical (unpaired) electrons. The van der Waals surface area contributed by atoms with Gasteiger partial charge < -0.3 is 4.74 Å². The van der Waals surface area contributed by atoms with Crippen LogP contribution in [0.2, 0.25) is 0 Å². The van der Waals surface area contributed by atoms with Crippen LogP contribution in [0.3, 0.4) is 0 Å². The van der Waals surface area contributed by atoms with Crippen molar-refractivity contribution in [1.82, 2.24) is 0 Å². The van der Waals surface area contributed by atoms with E-state index in [-0.39, 0.29) is 6.10 Å². The smallest absolute Gasteiger partial charge is 0.317 e. The van der Waals surface area contributed by atoms with Crippen molar-refractivity contribution in [2.45, 2.75) is 20.0 Å². The average Bonchev–Trinajstić information content (AvgIpc) is 2.16. The fraction of sp³-hybridized carbons (Fsp3) is 0.400. The van der Waals surface area contributed by atoms with Crippen LogP contribution in [-0.2, 0) is 17.8 Å². The second-order valence-electron chi connectivity index (χ2n) is 3.00. The summed E-state index contributed by atoms with van der Waals surface area (Å²) in [5.74, 6) is 1.91. The molecule has 0 aliphatic heterocycles. The monoisotopic (exact) mass is 298 g/mol. The van der Waals surface area contributed by atoms with E-state index >= 15 is 0 Å². The van der Waals surface area contributed by atoms with E-state index in [0.717, 1.165) is 5.57 Å². The molecule has 96 valence electrons. The molecule has 1 aliphatic carbocycles. The van der Waals surface area contributed by atoms with Gasteiger partial charge in [-0.3, -0.25) is 0 Å². The molecule has 0 spiro atoms. The van der Waals surface area contributed by atoms with Crippen molar-refractivity contribution < 1.29 is 17.9 Å². The summed E-state index contributed by atoms with van der Waals surface area (Å²) in [6.45, 7) is 4.40. The molecule has 0 aromatic heterocycles. The molecule has 17 heavy (non-hydrogen) atoms. The third kappa shape index (κ3) is 8.18. The van der Waals surface area contributed by atoms with Crippen LogP contribution in [0, 0.1) is 0 Å². The Kier molecular flexibility index (Phi) is 7.43. The third-order valence-corrected chi connectivity index (χ3v) is 1.80. The summed E-state index contributed by atoms with van der Waals surface area (Å²) < 4.78 is 23.7. The highest BCUT2D eigenvalue weighted by Crippen LogP contribution is 2.19. The van der Waals surface area contributed by atoms with Crippen LogP contribution in [0.25, 0.3) is 0 Å². The normalized spacial score (nSPS) is 18.9. The lowest BCUT2D eigenvalue weighted by molar-refractivity contribution is 0.122. The largest absolute Gasteiger partial charge is 0.369 e. The van der Waals surface area contributed by atoms with E-state index < -0.39 is 8.26 Å². The molecule has 0 saturated carbocycles. The summed E-state index contributed by atoms with van der Waals surface area (Å²) in [4.78, 5) is 10.5. The van der Waals surface area contributed by atoms with Gasteiger partial charge >= 0.3 is 8.26 Å². The summed E-state index contributed by atoms with van der Waals surface area (Å²) in [6, 6.07) is 0. The molecule has 0 bridgehead atoms. The zero-order valence-electron chi connectivity index (χ0n) is 9.31. The fourth-order valence-electron chi connectivity index (χ4n) is 1.17. The molecule has 0 aromatic carbocycles. The predicted molar refractivity (Wildman–Crippen MR) is 68.1 cm³/mol. The van der Waals surface area contributed by atoms with Crippen molar-refractivity contribution in [2.24, 2.45) is 0 Å². The van der Waals surface area contributed by atoms with Gasteiger partial charge in [0.2, 0.25) is 0 Å². The van der Waals surface area contributed by atoms with Crippen LogP contribution >= 0.6 is 21.4 Å². The minimum absolute atomic E-state index is 0.197. The highest BCUT2D eigenvalue weighted by molar-refractivity contribution is 8.31. The van der Waals surface area contributed by atoms with E-state index in [0.29, 0.717) is 12.2 Å². The first-order valence-electron chi connectivity index (χ1n) is 4.65. The van der Waals surface area contributed by atoms with Crippen LogP contribution in [0.5, 0.6) is 0 Å². The van der Waals surface area contributed by atoms with E-state index in [1.807, 2.05) is 38.0 Å². The first-order valence-corrected chi connectivity index (χ1v) is 7.79. The van der Waals surface area contributed by atoms with Crippen LogP contribution in [-0.4, -0.2) is 27.1 Å². The van der Waals surface area contributed by atoms with E-state index in [2.05, 4.69) is 21.4 Å². The van der Waals surface area contributed by atoms with Crippen molar-refractivity contribution in [3.8, 4) is 0 Å². The lowest BCUT2D eigenvalue weighted by atomic mass is 9.98. The van der Waals surface area contributed by atoms with E-state index in [9.17, 15) is 4.79 Å². The molecule has 0 aromatic rings. The summed E-state index contributed by atoms with van der Waals surface area (Å²) in [5.41, 5.74) is 1.55. The van der Waals surface area contributed by atoms with Crippen molar-refractivity contribution in [3.63, 3.8) is 0 Å². The lowest BCUT2D eigenvalue weighted by Gasteiger charge is -2.16. The Bertz CT molecular complexity index is 451. The Hall–Kier alpha value is -0.580. The molecule has 0 N–H and O–H groups in total. The van der Waals surface area contributed by atoms with Gasteiger partial charge in [0.15, 0.2) is 0 Å². The van der Waals surface area contributed by atoms with E-state index in [1.165, 1.54) is 0 Å². The summed E-state index contributed by atoms with van der Waals surface area (Å²) in [7, 11) is 4.81. The minimum Gasteiger partial charge on any atom is -0.369 e. The summed E-state index contributed by atoms with van der Waals surface area (Å²) >= 11 is 0. The van der Waals surface area contributed by atoms with Gasteiger partial charge in [-0.05, 0) is 19.4 Å². The van der Waals surface area contributed by atoms with Gasteiger partial charge in [-0.15, -0.1) is 0 Å². The van der Waals surface area contributed by atoms with Gasteiger partial charge in [-0.1, -0.05) is 18.2 Å². The van der Waals surface area contributed by atoms with Gasteiger partial charge in [0, 0.05) is 28.0 Å². The molecule has 1 atom stereocenters.